The van der Waals surface area contributed by atoms with E-state index in [0.717, 1.165) is 5.06 Å². The molecule has 14 heavy (non-hydrogen) atoms. The predicted octanol–water partition coefficient (Wildman–Crippen LogP) is 2.12. The molecule has 0 unspecified atom stereocenters. The lowest BCUT2D eigenvalue weighted by Crippen LogP contribution is -2.30. The highest BCUT2D eigenvalue weighted by atomic mass is 19.1. The van der Waals surface area contributed by atoms with Crippen molar-refractivity contribution in [2.24, 2.45) is 0 Å². The number of carbonyl (C=O) groups is 1. The zero-order valence-corrected chi connectivity index (χ0v) is 7.64. The molecule has 0 saturated heterocycles. The number of benzene rings is 1. The number of halogens is 1. The summed E-state index contributed by atoms with van der Waals surface area (Å²) in [4.78, 5) is 15.6. The molecule has 0 spiro atoms. The molecule has 4 nitrogen and oxygen atoms in total. The Bertz CT molecular complexity index is 291. The minimum absolute atomic E-state index is 0.414. The molecule has 1 amide bonds. The highest BCUT2D eigenvalue weighted by Gasteiger charge is 2.16. The highest BCUT2D eigenvalue weighted by Crippen LogP contribution is 2.14. The number of amides is 1. The van der Waals surface area contributed by atoms with E-state index in [-0.39, 0.29) is 0 Å². The minimum Gasteiger partial charge on any atom is -0.451 e. The van der Waals surface area contributed by atoms with Gasteiger partial charge in [0.25, 0.3) is 0 Å². The van der Waals surface area contributed by atoms with Crippen molar-refractivity contribution in [1.29, 1.82) is 0 Å². The normalized spacial score (nSPS) is 9.57. The Morgan fingerprint density at radius 1 is 1.43 bits per heavy atom. The number of hydrogen-bond donors (Lipinski definition) is 0. The summed E-state index contributed by atoms with van der Waals surface area (Å²) in [5.41, 5.74) is 0.414. The maximum Gasteiger partial charge on any atom is 0.438 e. The Hall–Kier alpha value is -1.62. The first-order chi connectivity index (χ1) is 6.79. The van der Waals surface area contributed by atoms with Gasteiger partial charge in [-0.15, -0.1) is 0 Å². The van der Waals surface area contributed by atoms with Crippen molar-refractivity contribution in [2.75, 3.05) is 19.0 Å². The van der Waals surface area contributed by atoms with E-state index in [0.29, 0.717) is 5.69 Å². The number of hydroxylamine groups is 1. The van der Waals surface area contributed by atoms with E-state index in [1.807, 2.05) is 0 Å². The number of methoxy groups -OCH3 is 1. The van der Waals surface area contributed by atoms with Crippen molar-refractivity contribution < 1.29 is 18.8 Å². The fourth-order valence-electron chi connectivity index (χ4n) is 0.928. The van der Waals surface area contributed by atoms with Gasteiger partial charge in [0.05, 0.1) is 12.8 Å². The summed E-state index contributed by atoms with van der Waals surface area (Å²) in [7, 11) is 1.19. The van der Waals surface area contributed by atoms with Gasteiger partial charge in [-0.25, -0.2) is 14.0 Å². The molecule has 0 aromatic heterocycles. The van der Waals surface area contributed by atoms with Gasteiger partial charge in [-0.1, -0.05) is 18.2 Å². The molecule has 0 aliphatic carbocycles. The number of ether oxygens (including phenoxy) is 1. The summed E-state index contributed by atoms with van der Waals surface area (Å²) in [5, 5.41) is 0.750. The highest BCUT2D eigenvalue weighted by molar-refractivity contribution is 5.85. The van der Waals surface area contributed by atoms with Crippen LogP contribution in [0, 0.1) is 0 Å². The van der Waals surface area contributed by atoms with Crippen molar-refractivity contribution in [2.45, 2.75) is 0 Å². The van der Waals surface area contributed by atoms with Crippen LogP contribution in [0.3, 0.4) is 0 Å². The number of alkyl halides is 1. The molecule has 1 aromatic rings. The van der Waals surface area contributed by atoms with Gasteiger partial charge in [0.15, 0.2) is 0 Å². The Balaban J connectivity index is 2.83. The summed E-state index contributed by atoms with van der Waals surface area (Å²) in [6.07, 6.45) is -0.770. The number of rotatable bonds is 3. The maximum atomic E-state index is 12.0. The Kier molecular flexibility index (Phi) is 3.87. The van der Waals surface area contributed by atoms with Crippen LogP contribution in [0.5, 0.6) is 0 Å². The van der Waals surface area contributed by atoms with Crippen LogP contribution >= 0.6 is 0 Å². The summed E-state index contributed by atoms with van der Waals surface area (Å²) < 4.78 is 16.4. The lowest BCUT2D eigenvalue weighted by atomic mass is 10.3. The molecule has 0 atom stereocenters. The van der Waals surface area contributed by atoms with Gasteiger partial charge < -0.3 is 4.74 Å². The third-order valence-corrected chi connectivity index (χ3v) is 1.51. The lowest BCUT2D eigenvalue weighted by Gasteiger charge is -2.17. The van der Waals surface area contributed by atoms with Gasteiger partial charge in [-0.05, 0) is 12.1 Å². The number of carbonyl (C=O) groups excluding carboxylic acids is 1. The fraction of sp³-hybridized carbons (Fsp3) is 0.222. The number of para-hydroxylation sites is 1. The molecule has 5 heteroatoms. The van der Waals surface area contributed by atoms with Crippen LogP contribution in [-0.4, -0.2) is 20.1 Å². The molecule has 0 N–H and O–H groups in total. The van der Waals surface area contributed by atoms with Gasteiger partial charge in [0, 0.05) is 0 Å². The smallest absolute Gasteiger partial charge is 0.438 e. The maximum absolute atomic E-state index is 12.0. The van der Waals surface area contributed by atoms with Gasteiger partial charge in [-0.2, -0.15) is 5.06 Å². The first-order valence-electron chi connectivity index (χ1n) is 3.91. The topological polar surface area (TPSA) is 38.8 Å². The SMILES string of the molecule is COC(=O)N(OCF)c1ccccc1. The Labute approximate surface area is 80.8 Å². The third kappa shape index (κ3) is 2.43. The molecule has 0 fully saturated rings. The molecule has 0 bridgehead atoms. The lowest BCUT2D eigenvalue weighted by molar-refractivity contribution is 0.0343. The zero-order valence-electron chi connectivity index (χ0n) is 7.64. The van der Waals surface area contributed by atoms with Crippen LogP contribution in [0.4, 0.5) is 14.9 Å². The number of hydrogen-bond acceptors (Lipinski definition) is 3. The molecule has 0 heterocycles. The average Bonchev–Trinajstić information content (AvgIpc) is 2.26. The molecular formula is C9H10FNO3. The second-order valence-electron chi connectivity index (χ2n) is 2.34. The number of nitrogens with zero attached hydrogens (tertiary/aromatic N) is 1. The van der Waals surface area contributed by atoms with Crippen molar-refractivity contribution in [1.82, 2.24) is 0 Å². The molecule has 1 rings (SSSR count). The summed E-state index contributed by atoms with van der Waals surface area (Å²) in [6.45, 7) is -1.09. The average molecular weight is 199 g/mol. The van der Waals surface area contributed by atoms with Gasteiger partial charge in [0.2, 0.25) is 6.86 Å². The number of anilines is 1. The Morgan fingerprint density at radius 3 is 2.57 bits per heavy atom. The van der Waals surface area contributed by atoms with E-state index >= 15 is 0 Å². The van der Waals surface area contributed by atoms with E-state index in [2.05, 4.69) is 9.57 Å². The van der Waals surface area contributed by atoms with Gasteiger partial charge in [0.1, 0.15) is 0 Å². The van der Waals surface area contributed by atoms with Crippen LogP contribution in [-0.2, 0) is 9.57 Å². The molecule has 0 aliphatic heterocycles. The first kappa shape index (κ1) is 10.5. The molecule has 76 valence electrons. The van der Waals surface area contributed by atoms with E-state index in [1.54, 1.807) is 30.3 Å². The Morgan fingerprint density at radius 2 is 2.07 bits per heavy atom. The van der Waals surface area contributed by atoms with Crippen molar-refractivity contribution in [3.63, 3.8) is 0 Å². The second-order valence-corrected chi connectivity index (χ2v) is 2.34. The summed E-state index contributed by atoms with van der Waals surface area (Å²) in [5.74, 6) is 0. The van der Waals surface area contributed by atoms with Crippen LogP contribution in [0.15, 0.2) is 30.3 Å². The largest absolute Gasteiger partial charge is 0.451 e. The van der Waals surface area contributed by atoms with Crippen LogP contribution in [0.1, 0.15) is 0 Å². The van der Waals surface area contributed by atoms with Crippen LogP contribution < -0.4 is 5.06 Å². The second kappa shape index (κ2) is 5.18. The predicted molar refractivity (Wildman–Crippen MR) is 48.4 cm³/mol. The molecule has 1 aromatic carbocycles. The monoisotopic (exact) mass is 199 g/mol. The molecule has 0 saturated carbocycles. The van der Waals surface area contributed by atoms with Crippen LogP contribution in [0.25, 0.3) is 0 Å². The van der Waals surface area contributed by atoms with Gasteiger partial charge in [-0.3, -0.25) is 0 Å². The summed E-state index contributed by atoms with van der Waals surface area (Å²) in [6, 6.07) is 8.38. The third-order valence-electron chi connectivity index (χ3n) is 1.51. The molecule has 0 radical (unpaired) electrons. The van der Waals surface area contributed by atoms with Crippen molar-refractivity contribution in [3.05, 3.63) is 30.3 Å². The molecule has 0 aliphatic rings. The van der Waals surface area contributed by atoms with Crippen molar-refractivity contribution >= 4 is 11.8 Å². The van der Waals surface area contributed by atoms with E-state index in [9.17, 15) is 9.18 Å². The van der Waals surface area contributed by atoms with E-state index in [4.69, 9.17) is 0 Å². The molecular weight excluding hydrogens is 189 g/mol. The minimum atomic E-state index is -1.09. The van der Waals surface area contributed by atoms with E-state index in [1.165, 1.54) is 7.11 Å². The quantitative estimate of drug-likeness (QED) is 0.700. The zero-order chi connectivity index (χ0) is 10.4. The first-order valence-corrected chi connectivity index (χ1v) is 3.91. The fourth-order valence-corrected chi connectivity index (χ4v) is 0.928. The van der Waals surface area contributed by atoms with Gasteiger partial charge >= 0.3 is 6.09 Å². The standard InChI is InChI=1S/C9H10FNO3/c1-13-9(12)11(14-7-10)8-5-3-2-4-6-8/h2-6H,7H2,1H3. The van der Waals surface area contributed by atoms with Crippen LogP contribution in [0.2, 0.25) is 0 Å². The summed E-state index contributed by atoms with van der Waals surface area (Å²) >= 11 is 0. The van der Waals surface area contributed by atoms with E-state index < -0.39 is 13.0 Å². The van der Waals surface area contributed by atoms with Crippen molar-refractivity contribution in [3.8, 4) is 0 Å².